The number of hydrogen-bond acceptors (Lipinski definition) is 8. The van der Waals surface area contributed by atoms with E-state index in [1.54, 1.807) is 23.1 Å². The molecule has 0 saturated carbocycles. The molecule has 7 nitrogen and oxygen atoms in total. The lowest BCUT2D eigenvalue weighted by Crippen LogP contribution is -2.07. The Morgan fingerprint density at radius 2 is 2.06 bits per heavy atom. The van der Waals surface area contributed by atoms with Crippen LogP contribution in [0.4, 0.5) is 4.39 Å². The van der Waals surface area contributed by atoms with E-state index in [0.717, 1.165) is 32.9 Å². The molecule has 3 heterocycles. The minimum atomic E-state index is -0.411. The van der Waals surface area contributed by atoms with E-state index in [0.29, 0.717) is 23.9 Å². The first kappa shape index (κ1) is 22.0. The van der Waals surface area contributed by atoms with Crippen molar-refractivity contribution in [3.8, 4) is 27.8 Å². The lowest BCUT2D eigenvalue weighted by Gasteiger charge is -2.09. The van der Waals surface area contributed by atoms with Crippen molar-refractivity contribution in [2.75, 3.05) is 6.79 Å². The Morgan fingerprint density at radius 3 is 2.91 bits per heavy atom. The monoisotopic (exact) mass is 504 g/mol. The molecule has 2 aromatic heterocycles. The van der Waals surface area contributed by atoms with Crippen LogP contribution in [0.5, 0.6) is 17.2 Å². The second kappa shape index (κ2) is 9.58. The summed E-state index contributed by atoms with van der Waals surface area (Å²) >= 11 is 9.18. The van der Waals surface area contributed by atoms with Gasteiger partial charge in [-0.3, -0.25) is 0 Å². The molecule has 1 aliphatic rings. The number of thiazole rings is 1. The number of aromatic nitrogens is 4. The van der Waals surface area contributed by atoms with Crippen LogP contribution in [0, 0.1) is 5.82 Å². The minimum Gasteiger partial charge on any atom is -0.484 e. The van der Waals surface area contributed by atoms with E-state index in [1.807, 2.05) is 35.1 Å². The molecule has 0 bridgehead atoms. The Bertz CT molecular complexity index is 1300. The van der Waals surface area contributed by atoms with E-state index >= 15 is 0 Å². The van der Waals surface area contributed by atoms with Crippen LogP contribution in [0.3, 0.4) is 0 Å². The van der Waals surface area contributed by atoms with Gasteiger partial charge in [-0.15, -0.1) is 21.5 Å². The Balaban J connectivity index is 1.24. The van der Waals surface area contributed by atoms with E-state index < -0.39 is 5.82 Å². The zero-order valence-corrected chi connectivity index (χ0v) is 19.8. The summed E-state index contributed by atoms with van der Waals surface area (Å²) < 4.78 is 31.8. The van der Waals surface area contributed by atoms with Crippen molar-refractivity contribution in [3.63, 3.8) is 0 Å². The summed E-state index contributed by atoms with van der Waals surface area (Å²) in [5.41, 5.74) is 1.95. The predicted octanol–water partition coefficient (Wildman–Crippen LogP) is 5.81. The van der Waals surface area contributed by atoms with Gasteiger partial charge in [-0.05, 0) is 43.3 Å². The summed E-state index contributed by atoms with van der Waals surface area (Å²) in [5, 5.41) is 12.5. The van der Waals surface area contributed by atoms with Gasteiger partial charge in [0.25, 0.3) is 0 Å². The average Bonchev–Trinajstić information content (AvgIpc) is 3.55. The molecule has 0 spiro atoms. The molecule has 33 heavy (non-hydrogen) atoms. The highest BCUT2D eigenvalue weighted by Gasteiger charge is 2.17. The van der Waals surface area contributed by atoms with Crippen molar-refractivity contribution in [1.29, 1.82) is 0 Å². The lowest BCUT2D eigenvalue weighted by atomic mass is 10.2. The van der Waals surface area contributed by atoms with Gasteiger partial charge >= 0.3 is 0 Å². The number of ether oxygens (including phenoxy) is 3. The number of halogens is 2. The number of benzene rings is 2. The van der Waals surface area contributed by atoms with E-state index in [2.05, 4.69) is 10.2 Å². The van der Waals surface area contributed by atoms with Gasteiger partial charge in [-0.25, -0.2) is 9.37 Å². The SMILES string of the molecule is CCn1c(COc2ccc(F)cc2Cl)nnc1SCc1csc(-c2ccc3c(c2)OCO3)n1. The molecule has 0 amide bonds. The van der Waals surface area contributed by atoms with Crippen molar-refractivity contribution in [2.45, 2.75) is 31.0 Å². The first-order chi connectivity index (χ1) is 16.1. The maximum Gasteiger partial charge on any atom is 0.231 e. The van der Waals surface area contributed by atoms with Gasteiger partial charge < -0.3 is 18.8 Å². The Kier molecular flexibility index (Phi) is 6.39. The molecule has 1 aliphatic heterocycles. The zero-order chi connectivity index (χ0) is 22.8. The third kappa shape index (κ3) is 4.78. The smallest absolute Gasteiger partial charge is 0.231 e. The van der Waals surface area contributed by atoms with Gasteiger partial charge in [-0.2, -0.15) is 0 Å². The van der Waals surface area contributed by atoms with E-state index in [-0.39, 0.29) is 18.4 Å². The Morgan fingerprint density at radius 1 is 1.18 bits per heavy atom. The molecule has 170 valence electrons. The summed E-state index contributed by atoms with van der Waals surface area (Å²) in [5.74, 6) is 2.81. The van der Waals surface area contributed by atoms with Crippen LogP contribution in [0.15, 0.2) is 46.9 Å². The second-order valence-electron chi connectivity index (χ2n) is 7.01. The van der Waals surface area contributed by atoms with Gasteiger partial charge in [-0.1, -0.05) is 23.4 Å². The summed E-state index contributed by atoms with van der Waals surface area (Å²) in [7, 11) is 0. The van der Waals surface area contributed by atoms with Crippen LogP contribution in [0.1, 0.15) is 18.4 Å². The van der Waals surface area contributed by atoms with Crippen molar-refractivity contribution in [2.24, 2.45) is 0 Å². The zero-order valence-electron chi connectivity index (χ0n) is 17.5. The maximum absolute atomic E-state index is 13.2. The fourth-order valence-electron chi connectivity index (χ4n) is 3.26. The molecule has 0 fully saturated rings. The summed E-state index contributed by atoms with van der Waals surface area (Å²) in [6.07, 6.45) is 0. The quantitative estimate of drug-likeness (QED) is 0.280. The number of fused-ring (bicyclic) bond motifs is 1. The maximum atomic E-state index is 13.2. The number of thioether (sulfide) groups is 1. The molecule has 0 aliphatic carbocycles. The van der Waals surface area contributed by atoms with Gasteiger partial charge in [0.2, 0.25) is 6.79 Å². The van der Waals surface area contributed by atoms with Crippen molar-refractivity contribution >= 4 is 34.7 Å². The standard InChI is InChI=1S/C22H18ClFN4O3S2/c1-2-28-20(9-29-17-6-4-14(24)8-16(17)23)26-27-22(28)33-11-15-10-32-21(25-15)13-3-5-18-19(7-13)31-12-30-18/h3-8,10H,2,9,11-12H2,1H3. The molecule has 4 aromatic rings. The highest BCUT2D eigenvalue weighted by molar-refractivity contribution is 7.98. The van der Waals surface area contributed by atoms with Gasteiger partial charge in [0.1, 0.15) is 23.2 Å². The molecule has 0 radical (unpaired) electrons. The summed E-state index contributed by atoms with van der Waals surface area (Å²) in [6, 6.07) is 9.86. The normalized spacial score (nSPS) is 12.3. The first-order valence-corrected chi connectivity index (χ1v) is 12.3. The number of rotatable bonds is 8. The van der Waals surface area contributed by atoms with Gasteiger partial charge in [0.05, 0.1) is 10.7 Å². The highest BCUT2D eigenvalue weighted by atomic mass is 35.5. The lowest BCUT2D eigenvalue weighted by molar-refractivity contribution is 0.174. The van der Waals surface area contributed by atoms with Crippen molar-refractivity contribution in [1.82, 2.24) is 19.7 Å². The molecule has 5 rings (SSSR count). The minimum absolute atomic E-state index is 0.178. The molecule has 0 atom stereocenters. The van der Waals surface area contributed by atoms with Gasteiger partial charge in [0.15, 0.2) is 22.5 Å². The van der Waals surface area contributed by atoms with E-state index in [4.69, 9.17) is 30.8 Å². The molecular formula is C22H18ClFN4O3S2. The first-order valence-electron chi connectivity index (χ1n) is 10.1. The summed E-state index contributed by atoms with van der Waals surface area (Å²) in [6.45, 7) is 3.13. The van der Waals surface area contributed by atoms with Crippen LogP contribution in [-0.2, 0) is 18.9 Å². The van der Waals surface area contributed by atoms with Crippen LogP contribution < -0.4 is 14.2 Å². The fraction of sp³-hybridized carbons (Fsp3) is 0.227. The molecule has 0 saturated heterocycles. The third-order valence-corrected chi connectivity index (χ3v) is 7.12. The summed E-state index contributed by atoms with van der Waals surface area (Å²) in [4.78, 5) is 4.75. The Labute approximate surface area is 202 Å². The average molecular weight is 505 g/mol. The molecular weight excluding hydrogens is 487 g/mol. The number of nitrogens with zero attached hydrogens (tertiary/aromatic N) is 4. The van der Waals surface area contributed by atoms with Crippen LogP contribution in [0.2, 0.25) is 5.02 Å². The molecule has 2 aromatic carbocycles. The third-order valence-electron chi connectivity index (χ3n) is 4.88. The molecule has 0 N–H and O–H groups in total. The second-order valence-corrected chi connectivity index (χ2v) is 9.21. The largest absolute Gasteiger partial charge is 0.484 e. The van der Waals surface area contributed by atoms with Crippen LogP contribution >= 0.6 is 34.7 Å². The highest BCUT2D eigenvalue weighted by Crippen LogP contribution is 2.37. The molecule has 11 heteroatoms. The molecule has 0 unspecified atom stereocenters. The predicted molar refractivity (Wildman–Crippen MR) is 125 cm³/mol. The van der Waals surface area contributed by atoms with Crippen LogP contribution in [0.25, 0.3) is 10.6 Å². The Hall–Kier alpha value is -2.82. The topological polar surface area (TPSA) is 71.3 Å². The fourth-order valence-corrected chi connectivity index (χ4v) is 5.32. The van der Waals surface area contributed by atoms with Crippen molar-refractivity contribution in [3.05, 3.63) is 64.1 Å². The van der Waals surface area contributed by atoms with E-state index in [9.17, 15) is 4.39 Å². The van der Waals surface area contributed by atoms with Crippen LogP contribution in [-0.4, -0.2) is 26.5 Å². The van der Waals surface area contributed by atoms with Gasteiger partial charge in [0, 0.05) is 23.2 Å². The number of hydrogen-bond donors (Lipinski definition) is 0. The van der Waals surface area contributed by atoms with E-state index in [1.165, 1.54) is 18.2 Å². The van der Waals surface area contributed by atoms with Crippen molar-refractivity contribution < 1.29 is 18.6 Å².